The topological polar surface area (TPSA) is 40.7 Å². The van der Waals surface area contributed by atoms with E-state index in [2.05, 4.69) is 15.3 Å². The molecule has 0 radical (unpaired) electrons. The lowest BCUT2D eigenvalue weighted by Gasteiger charge is -2.26. The van der Waals surface area contributed by atoms with Crippen molar-refractivity contribution in [3.05, 3.63) is 17.7 Å². The fourth-order valence-electron chi connectivity index (χ4n) is 2.17. The average molecular weight is 191 g/mol. The summed E-state index contributed by atoms with van der Waals surface area (Å²) in [4.78, 5) is 7.95. The summed E-state index contributed by atoms with van der Waals surface area (Å²) in [5.41, 5.74) is 1.33. The maximum atomic E-state index is 4.47. The van der Waals surface area contributed by atoms with E-state index in [0.29, 0.717) is 0 Å². The Hall–Kier alpha value is -0.830. The maximum Gasteiger partial charge on any atom is 0.109 e. The fraction of sp³-hybridized carbons (Fsp3) is 0.727. The van der Waals surface area contributed by atoms with Gasteiger partial charge < -0.3 is 10.3 Å². The molecule has 2 aliphatic rings. The van der Waals surface area contributed by atoms with Gasteiger partial charge in [0.15, 0.2) is 0 Å². The summed E-state index contributed by atoms with van der Waals surface area (Å²) in [6, 6.07) is 0. The number of aromatic amines is 1. The number of imidazole rings is 1. The first-order chi connectivity index (χ1) is 6.92. The third-order valence-corrected chi connectivity index (χ3v) is 3.51. The van der Waals surface area contributed by atoms with E-state index >= 15 is 0 Å². The number of nitrogens with one attached hydrogen (secondary N) is 2. The van der Waals surface area contributed by atoms with Crippen molar-refractivity contribution in [1.82, 2.24) is 15.3 Å². The lowest BCUT2D eigenvalue weighted by Crippen LogP contribution is -2.43. The van der Waals surface area contributed by atoms with Crippen LogP contribution in [-0.2, 0) is 6.42 Å². The van der Waals surface area contributed by atoms with E-state index in [9.17, 15) is 0 Å². The van der Waals surface area contributed by atoms with Crippen LogP contribution in [0.1, 0.15) is 36.7 Å². The third-order valence-electron chi connectivity index (χ3n) is 3.51. The summed E-state index contributed by atoms with van der Waals surface area (Å²) in [5, 5.41) is 3.30. The van der Waals surface area contributed by atoms with Gasteiger partial charge in [0.05, 0.1) is 0 Å². The minimum absolute atomic E-state index is 0.739. The van der Waals surface area contributed by atoms with Gasteiger partial charge in [0.25, 0.3) is 0 Å². The maximum absolute atomic E-state index is 4.47. The lowest BCUT2D eigenvalue weighted by atomic mass is 9.85. The van der Waals surface area contributed by atoms with Crippen LogP contribution in [0.2, 0.25) is 0 Å². The van der Waals surface area contributed by atoms with Crippen LogP contribution in [0.4, 0.5) is 0 Å². The minimum Gasteiger partial charge on any atom is -0.346 e. The number of aromatic nitrogens is 2. The van der Waals surface area contributed by atoms with Gasteiger partial charge in [-0.2, -0.15) is 0 Å². The molecule has 0 unspecified atom stereocenters. The van der Waals surface area contributed by atoms with E-state index in [4.69, 9.17) is 0 Å². The van der Waals surface area contributed by atoms with Crippen molar-refractivity contribution >= 4 is 0 Å². The molecule has 1 saturated heterocycles. The van der Waals surface area contributed by atoms with Crippen molar-refractivity contribution in [3.63, 3.8) is 0 Å². The molecule has 3 heteroatoms. The third kappa shape index (κ3) is 1.46. The number of hydrogen-bond acceptors (Lipinski definition) is 2. The minimum atomic E-state index is 0.739. The Morgan fingerprint density at radius 2 is 2.21 bits per heavy atom. The summed E-state index contributed by atoms with van der Waals surface area (Å²) >= 11 is 0. The summed E-state index contributed by atoms with van der Waals surface area (Å²) in [6.07, 6.45) is 7.25. The van der Waals surface area contributed by atoms with Crippen LogP contribution in [0.25, 0.3) is 0 Å². The van der Waals surface area contributed by atoms with Crippen molar-refractivity contribution in [2.24, 2.45) is 5.92 Å². The van der Waals surface area contributed by atoms with Gasteiger partial charge in [-0.3, -0.25) is 0 Å². The van der Waals surface area contributed by atoms with E-state index in [1.807, 2.05) is 6.20 Å². The first kappa shape index (κ1) is 8.48. The Morgan fingerprint density at radius 1 is 1.36 bits per heavy atom. The molecule has 14 heavy (non-hydrogen) atoms. The van der Waals surface area contributed by atoms with E-state index in [1.165, 1.54) is 50.3 Å². The molecule has 76 valence electrons. The largest absolute Gasteiger partial charge is 0.346 e. The molecule has 0 amide bonds. The number of H-pyrrole nitrogens is 1. The van der Waals surface area contributed by atoms with E-state index in [-0.39, 0.29) is 0 Å². The van der Waals surface area contributed by atoms with Crippen molar-refractivity contribution in [2.45, 2.75) is 31.6 Å². The number of hydrogen-bond donors (Lipinski definition) is 2. The normalized spacial score (nSPS) is 23.1. The highest BCUT2D eigenvalue weighted by atomic mass is 15.0. The molecule has 2 N–H and O–H groups in total. The molecule has 1 saturated carbocycles. The molecule has 0 spiro atoms. The van der Waals surface area contributed by atoms with Crippen LogP contribution in [0.3, 0.4) is 0 Å². The number of rotatable bonds is 3. The Morgan fingerprint density at radius 3 is 2.79 bits per heavy atom. The smallest absolute Gasteiger partial charge is 0.109 e. The summed E-state index contributed by atoms with van der Waals surface area (Å²) in [5.74, 6) is 2.81. The Kier molecular flexibility index (Phi) is 2.05. The van der Waals surface area contributed by atoms with Crippen LogP contribution >= 0.6 is 0 Å². The second-order valence-corrected chi connectivity index (χ2v) is 4.65. The monoisotopic (exact) mass is 191 g/mol. The summed E-state index contributed by atoms with van der Waals surface area (Å²) < 4.78 is 0. The highest BCUT2D eigenvalue weighted by molar-refractivity contribution is 5.09. The molecule has 0 atom stereocenters. The first-order valence-corrected chi connectivity index (χ1v) is 5.66. The quantitative estimate of drug-likeness (QED) is 0.759. The van der Waals surface area contributed by atoms with E-state index in [0.717, 1.165) is 11.8 Å². The molecular weight excluding hydrogens is 174 g/mol. The van der Waals surface area contributed by atoms with Gasteiger partial charge in [-0.1, -0.05) is 6.42 Å². The van der Waals surface area contributed by atoms with Gasteiger partial charge in [0.1, 0.15) is 5.82 Å². The van der Waals surface area contributed by atoms with Crippen LogP contribution < -0.4 is 5.32 Å². The second-order valence-electron chi connectivity index (χ2n) is 4.65. The van der Waals surface area contributed by atoms with Crippen LogP contribution in [0.15, 0.2) is 6.20 Å². The molecule has 0 aromatic carbocycles. The van der Waals surface area contributed by atoms with Crippen molar-refractivity contribution in [3.8, 4) is 0 Å². The molecule has 2 heterocycles. The molecule has 2 fully saturated rings. The highest BCUT2D eigenvalue weighted by Gasteiger charge is 2.23. The van der Waals surface area contributed by atoms with Gasteiger partial charge in [0.2, 0.25) is 0 Å². The Balaban J connectivity index is 1.63. The highest BCUT2D eigenvalue weighted by Crippen LogP contribution is 2.34. The molecule has 3 rings (SSSR count). The lowest BCUT2D eigenvalue weighted by molar-refractivity contribution is 0.343. The van der Waals surface area contributed by atoms with Gasteiger partial charge in [-0.25, -0.2) is 4.98 Å². The van der Waals surface area contributed by atoms with Gasteiger partial charge in [-0.15, -0.1) is 0 Å². The van der Waals surface area contributed by atoms with Gasteiger partial charge >= 0.3 is 0 Å². The molecule has 1 aromatic rings. The molecule has 0 bridgehead atoms. The van der Waals surface area contributed by atoms with E-state index in [1.54, 1.807) is 0 Å². The van der Waals surface area contributed by atoms with Crippen LogP contribution in [-0.4, -0.2) is 23.1 Å². The van der Waals surface area contributed by atoms with Crippen LogP contribution in [0, 0.1) is 5.92 Å². The Bertz CT molecular complexity index is 310. The second kappa shape index (κ2) is 3.39. The zero-order valence-corrected chi connectivity index (χ0v) is 8.42. The average Bonchev–Trinajstić information content (AvgIpc) is 2.42. The number of nitrogens with zero attached hydrogens (tertiary/aromatic N) is 1. The predicted octanol–water partition coefficient (Wildman–Crippen LogP) is 1.44. The zero-order valence-electron chi connectivity index (χ0n) is 8.42. The predicted molar refractivity (Wildman–Crippen MR) is 55.2 cm³/mol. The molecule has 1 aliphatic heterocycles. The molecule has 1 aromatic heterocycles. The summed E-state index contributed by atoms with van der Waals surface area (Å²) in [7, 11) is 0. The van der Waals surface area contributed by atoms with E-state index < -0.39 is 0 Å². The molecule has 3 nitrogen and oxygen atoms in total. The van der Waals surface area contributed by atoms with Gasteiger partial charge in [-0.05, 0) is 38.3 Å². The summed E-state index contributed by atoms with van der Waals surface area (Å²) in [6.45, 7) is 2.36. The fourth-order valence-corrected chi connectivity index (χ4v) is 2.17. The van der Waals surface area contributed by atoms with Gasteiger partial charge in [0, 0.05) is 17.8 Å². The zero-order chi connectivity index (χ0) is 9.38. The SMILES string of the molecule is c1nc(C2CCC2)[nH]c1CC1CNC1. The van der Waals surface area contributed by atoms with Crippen molar-refractivity contribution in [2.75, 3.05) is 13.1 Å². The van der Waals surface area contributed by atoms with Crippen molar-refractivity contribution in [1.29, 1.82) is 0 Å². The van der Waals surface area contributed by atoms with Crippen LogP contribution in [0.5, 0.6) is 0 Å². The van der Waals surface area contributed by atoms with Crippen molar-refractivity contribution < 1.29 is 0 Å². The molecular formula is C11H17N3. The Labute approximate surface area is 84.3 Å². The molecule has 1 aliphatic carbocycles. The first-order valence-electron chi connectivity index (χ1n) is 5.66. The standard InChI is InChI=1S/C11H17N3/c1-2-9(3-1)11-13-7-10(14-11)4-8-5-12-6-8/h7-9,12H,1-6H2,(H,13,14).